The molecule has 118 valence electrons. The molecule has 4 nitrogen and oxygen atoms in total. The molecular weight excluding hydrogens is 398 g/mol. The van der Waals surface area contributed by atoms with E-state index in [1.54, 1.807) is 42.5 Å². The molecule has 0 spiro atoms. The van der Waals surface area contributed by atoms with Crippen LogP contribution in [0.1, 0.15) is 10.5 Å². The number of carbonyl (C=O) groups is 1. The number of nitrogens with zero attached hydrogens (tertiary/aromatic N) is 1. The molecule has 0 fully saturated rings. The Balaban J connectivity index is 2.37. The molecule has 0 unspecified atom stereocenters. The van der Waals surface area contributed by atoms with Crippen LogP contribution in [-0.4, -0.2) is 23.9 Å². The summed E-state index contributed by atoms with van der Waals surface area (Å²) in [5, 5.41) is 0.670. The SMILES string of the molecule is O=C(CS)c1cc2cc(Br)ccc2n1S(=O)(=O)c1ccccc1. The number of benzene rings is 2. The Kier molecular flexibility index (Phi) is 4.35. The van der Waals surface area contributed by atoms with Crippen LogP contribution in [0.15, 0.2) is 64.0 Å². The molecule has 0 bridgehead atoms. The van der Waals surface area contributed by atoms with Gasteiger partial charge in [0.05, 0.1) is 16.2 Å². The summed E-state index contributed by atoms with van der Waals surface area (Å²) in [6.45, 7) is 0. The van der Waals surface area contributed by atoms with Gasteiger partial charge in [-0.2, -0.15) is 12.6 Å². The van der Waals surface area contributed by atoms with Crippen molar-refractivity contribution in [2.75, 3.05) is 5.75 Å². The largest absolute Gasteiger partial charge is 0.292 e. The number of fused-ring (bicyclic) bond motifs is 1. The van der Waals surface area contributed by atoms with Crippen LogP contribution in [-0.2, 0) is 10.0 Å². The Morgan fingerprint density at radius 3 is 2.43 bits per heavy atom. The fourth-order valence-electron chi connectivity index (χ4n) is 2.39. The third-order valence-corrected chi connectivity index (χ3v) is 5.95. The Bertz CT molecular complexity index is 995. The van der Waals surface area contributed by atoms with Gasteiger partial charge < -0.3 is 0 Å². The Morgan fingerprint density at radius 2 is 1.78 bits per heavy atom. The standard InChI is InChI=1S/C16H12BrNO3S2/c17-12-6-7-14-11(8-12)9-15(16(19)10-22)18(14)23(20,21)13-4-2-1-3-5-13/h1-9,22H,10H2. The maximum Gasteiger partial charge on any atom is 0.268 e. The number of hydrogen-bond donors (Lipinski definition) is 1. The van der Waals surface area contributed by atoms with Crippen molar-refractivity contribution in [2.24, 2.45) is 0 Å². The smallest absolute Gasteiger partial charge is 0.268 e. The first-order valence-electron chi connectivity index (χ1n) is 6.71. The van der Waals surface area contributed by atoms with E-state index in [-0.39, 0.29) is 22.1 Å². The highest BCUT2D eigenvalue weighted by atomic mass is 79.9. The van der Waals surface area contributed by atoms with Gasteiger partial charge in [0.2, 0.25) is 0 Å². The van der Waals surface area contributed by atoms with Crippen molar-refractivity contribution >= 4 is 55.3 Å². The van der Waals surface area contributed by atoms with E-state index in [9.17, 15) is 13.2 Å². The van der Waals surface area contributed by atoms with Crippen LogP contribution in [0.25, 0.3) is 10.9 Å². The summed E-state index contributed by atoms with van der Waals surface area (Å²) in [6.07, 6.45) is 0. The fourth-order valence-corrected chi connectivity index (χ4v) is 4.48. The van der Waals surface area contributed by atoms with E-state index in [1.165, 1.54) is 12.1 Å². The summed E-state index contributed by atoms with van der Waals surface area (Å²) in [5.74, 6) is -0.415. The second-order valence-corrected chi connectivity index (χ2v) is 7.92. The van der Waals surface area contributed by atoms with Gasteiger partial charge in [-0.1, -0.05) is 34.1 Å². The maximum atomic E-state index is 13.0. The van der Waals surface area contributed by atoms with Crippen LogP contribution < -0.4 is 0 Å². The number of Topliss-reactive ketones (excluding diaryl/α,β-unsaturated/α-hetero) is 1. The monoisotopic (exact) mass is 409 g/mol. The topological polar surface area (TPSA) is 56.1 Å². The molecule has 0 amide bonds. The van der Waals surface area contributed by atoms with E-state index >= 15 is 0 Å². The van der Waals surface area contributed by atoms with E-state index in [2.05, 4.69) is 28.6 Å². The van der Waals surface area contributed by atoms with Crippen molar-refractivity contribution in [3.63, 3.8) is 0 Å². The van der Waals surface area contributed by atoms with E-state index in [0.29, 0.717) is 10.9 Å². The zero-order valence-electron chi connectivity index (χ0n) is 11.8. The minimum Gasteiger partial charge on any atom is -0.292 e. The van der Waals surface area contributed by atoms with Crippen LogP contribution >= 0.6 is 28.6 Å². The normalized spacial score (nSPS) is 11.7. The number of rotatable bonds is 4. The fraction of sp³-hybridized carbons (Fsp3) is 0.0625. The zero-order valence-corrected chi connectivity index (χ0v) is 15.1. The highest BCUT2D eigenvalue weighted by Gasteiger charge is 2.25. The van der Waals surface area contributed by atoms with Crippen LogP contribution in [0.3, 0.4) is 0 Å². The Labute approximate surface area is 147 Å². The number of thiol groups is 1. The van der Waals surface area contributed by atoms with Gasteiger partial charge in [-0.15, -0.1) is 0 Å². The number of halogens is 1. The first kappa shape index (κ1) is 16.3. The first-order valence-corrected chi connectivity index (χ1v) is 9.57. The molecule has 0 aliphatic carbocycles. The Hall–Kier alpha value is -1.57. The number of carbonyl (C=O) groups excluding carboxylic acids is 1. The molecule has 0 atom stereocenters. The highest BCUT2D eigenvalue weighted by Crippen LogP contribution is 2.28. The molecule has 0 aliphatic heterocycles. The number of ketones is 1. The van der Waals surface area contributed by atoms with Crippen molar-refractivity contribution in [1.29, 1.82) is 0 Å². The average molecular weight is 410 g/mol. The minimum absolute atomic E-state index is 0.0677. The molecule has 2 aromatic carbocycles. The third-order valence-electron chi connectivity index (χ3n) is 3.43. The van der Waals surface area contributed by atoms with E-state index in [4.69, 9.17) is 0 Å². The summed E-state index contributed by atoms with van der Waals surface area (Å²) < 4.78 is 27.9. The van der Waals surface area contributed by atoms with Crippen LogP contribution in [0.4, 0.5) is 0 Å². The van der Waals surface area contributed by atoms with Gasteiger partial charge in [0.15, 0.2) is 5.78 Å². The third kappa shape index (κ3) is 2.84. The average Bonchev–Trinajstić information content (AvgIpc) is 2.94. The molecule has 0 aliphatic rings. The molecule has 7 heteroatoms. The van der Waals surface area contributed by atoms with Crippen molar-refractivity contribution < 1.29 is 13.2 Å². The molecule has 0 N–H and O–H groups in total. The first-order chi connectivity index (χ1) is 10.9. The van der Waals surface area contributed by atoms with Crippen LogP contribution in [0.2, 0.25) is 0 Å². The van der Waals surface area contributed by atoms with Gasteiger partial charge in [-0.05, 0) is 36.4 Å². The maximum absolute atomic E-state index is 13.0. The highest BCUT2D eigenvalue weighted by molar-refractivity contribution is 9.10. The van der Waals surface area contributed by atoms with Crippen molar-refractivity contribution in [1.82, 2.24) is 3.97 Å². The number of hydrogen-bond acceptors (Lipinski definition) is 4. The molecule has 0 saturated heterocycles. The van der Waals surface area contributed by atoms with Crippen molar-refractivity contribution in [2.45, 2.75) is 4.90 Å². The van der Waals surface area contributed by atoms with Gasteiger partial charge in [0, 0.05) is 9.86 Å². The summed E-state index contributed by atoms with van der Waals surface area (Å²) in [5.41, 5.74) is 0.569. The molecule has 1 heterocycles. The quantitative estimate of drug-likeness (QED) is 0.527. The lowest BCUT2D eigenvalue weighted by Crippen LogP contribution is -2.19. The minimum atomic E-state index is -3.87. The lowest BCUT2D eigenvalue weighted by atomic mass is 10.2. The van der Waals surface area contributed by atoms with Gasteiger partial charge in [0.1, 0.15) is 5.69 Å². The van der Waals surface area contributed by atoms with Gasteiger partial charge in [-0.3, -0.25) is 4.79 Å². The number of aromatic nitrogens is 1. The summed E-state index contributed by atoms with van der Waals surface area (Å²) in [6, 6.07) is 14.8. The van der Waals surface area contributed by atoms with Crippen molar-refractivity contribution in [3.8, 4) is 0 Å². The molecule has 0 radical (unpaired) electrons. The van der Waals surface area contributed by atoms with Crippen LogP contribution in [0, 0.1) is 0 Å². The predicted molar refractivity (Wildman–Crippen MR) is 96.8 cm³/mol. The van der Waals surface area contributed by atoms with Gasteiger partial charge in [0.25, 0.3) is 10.0 Å². The molecule has 0 saturated carbocycles. The lowest BCUT2D eigenvalue weighted by molar-refractivity contribution is 0.101. The molecule has 3 rings (SSSR count). The van der Waals surface area contributed by atoms with E-state index in [0.717, 1.165) is 8.45 Å². The van der Waals surface area contributed by atoms with Crippen molar-refractivity contribution in [3.05, 3.63) is 64.8 Å². The second kappa shape index (κ2) is 6.14. The van der Waals surface area contributed by atoms with E-state index in [1.807, 2.05) is 0 Å². The zero-order chi connectivity index (χ0) is 16.6. The van der Waals surface area contributed by atoms with Gasteiger partial charge >= 0.3 is 0 Å². The van der Waals surface area contributed by atoms with Crippen LogP contribution in [0.5, 0.6) is 0 Å². The molecular formula is C16H12BrNO3S2. The lowest BCUT2D eigenvalue weighted by Gasteiger charge is -2.11. The Morgan fingerprint density at radius 1 is 1.09 bits per heavy atom. The second-order valence-electron chi connectivity index (χ2n) is 4.90. The van der Waals surface area contributed by atoms with E-state index < -0.39 is 10.0 Å². The molecule has 3 aromatic rings. The predicted octanol–water partition coefficient (Wildman–Crippen LogP) is 3.75. The summed E-state index contributed by atoms with van der Waals surface area (Å²) >= 11 is 7.35. The summed E-state index contributed by atoms with van der Waals surface area (Å²) in [4.78, 5) is 12.3. The summed E-state index contributed by atoms with van der Waals surface area (Å²) in [7, 11) is -3.87. The molecule has 23 heavy (non-hydrogen) atoms. The molecule has 1 aromatic heterocycles. The van der Waals surface area contributed by atoms with Gasteiger partial charge in [-0.25, -0.2) is 12.4 Å².